The van der Waals surface area contributed by atoms with Crippen molar-refractivity contribution in [3.05, 3.63) is 29.7 Å². The molecule has 0 atom stereocenters. The Balaban J connectivity index is 2.05. The average molecular weight is 221 g/mol. The molecule has 0 spiro atoms. The SMILES string of the molecule is Cc1cc(C(=O)N(C)Cc2ncn[nH]2)on1. The van der Waals surface area contributed by atoms with Gasteiger partial charge in [-0.05, 0) is 6.92 Å². The van der Waals surface area contributed by atoms with Crippen molar-refractivity contribution >= 4 is 5.91 Å². The fourth-order valence-electron chi connectivity index (χ4n) is 1.26. The van der Waals surface area contributed by atoms with E-state index in [4.69, 9.17) is 4.52 Å². The summed E-state index contributed by atoms with van der Waals surface area (Å²) in [6.07, 6.45) is 1.40. The van der Waals surface area contributed by atoms with E-state index in [0.29, 0.717) is 18.1 Å². The number of nitrogens with one attached hydrogen (secondary N) is 1. The van der Waals surface area contributed by atoms with Crippen LogP contribution in [-0.2, 0) is 6.54 Å². The summed E-state index contributed by atoms with van der Waals surface area (Å²) in [5.41, 5.74) is 0.677. The van der Waals surface area contributed by atoms with Crippen LogP contribution < -0.4 is 0 Å². The van der Waals surface area contributed by atoms with Crippen LogP contribution in [0, 0.1) is 6.92 Å². The minimum Gasteiger partial charge on any atom is -0.351 e. The first kappa shape index (κ1) is 10.3. The van der Waals surface area contributed by atoms with E-state index in [1.807, 2.05) is 0 Å². The standard InChI is InChI=1S/C9H11N5O2/c1-6-3-7(16-13-6)9(15)14(2)4-8-10-5-11-12-8/h3,5H,4H2,1-2H3,(H,10,11,12). The fraction of sp³-hybridized carbons (Fsp3) is 0.333. The fourth-order valence-corrected chi connectivity index (χ4v) is 1.26. The first-order chi connectivity index (χ1) is 7.66. The maximum atomic E-state index is 11.8. The number of carbonyl (C=O) groups is 1. The molecule has 84 valence electrons. The molecule has 0 radical (unpaired) electrons. The second-order valence-corrected chi connectivity index (χ2v) is 3.43. The normalized spacial score (nSPS) is 10.4. The molecule has 1 amide bonds. The number of H-pyrrole nitrogens is 1. The van der Waals surface area contributed by atoms with Gasteiger partial charge in [-0.3, -0.25) is 9.89 Å². The highest BCUT2D eigenvalue weighted by Crippen LogP contribution is 2.07. The molecule has 2 heterocycles. The summed E-state index contributed by atoms with van der Waals surface area (Å²) in [5, 5.41) is 10.0. The molecular formula is C9H11N5O2. The summed E-state index contributed by atoms with van der Waals surface area (Å²) in [6, 6.07) is 1.60. The maximum Gasteiger partial charge on any atom is 0.292 e. The Morgan fingerprint density at radius 3 is 3.00 bits per heavy atom. The van der Waals surface area contributed by atoms with Gasteiger partial charge in [0.25, 0.3) is 5.91 Å². The number of aromatic amines is 1. The van der Waals surface area contributed by atoms with Gasteiger partial charge in [-0.15, -0.1) is 0 Å². The summed E-state index contributed by atoms with van der Waals surface area (Å²) in [5.74, 6) is 0.601. The first-order valence-electron chi connectivity index (χ1n) is 4.70. The van der Waals surface area contributed by atoms with Gasteiger partial charge in [-0.1, -0.05) is 5.16 Å². The number of hydrogen-bond acceptors (Lipinski definition) is 5. The molecule has 0 aliphatic carbocycles. The van der Waals surface area contributed by atoms with E-state index in [-0.39, 0.29) is 11.7 Å². The van der Waals surface area contributed by atoms with Crippen LogP contribution in [0.2, 0.25) is 0 Å². The van der Waals surface area contributed by atoms with Gasteiger partial charge in [0.2, 0.25) is 5.76 Å². The summed E-state index contributed by atoms with van der Waals surface area (Å²) in [7, 11) is 1.66. The molecule has 0 bridgehead atoms. The van der Waals surface area contributed by atoms with E-state index in [1.165, 1.54) is 11.2 Å². The van der Waals surface area contributed by atoms with Gasteiger partial charge in [0.1, 0.15) is 12.2 Å². The van der Waals surface area contributed by atoms with Gasteiger partial charge >= 0.3 is 0 Å². The number of hydrogen-bond donors (Lipinski definition) is 1. The number of rotatable bonds is 3. The average Bonchev–Trinajstić information content (AvgIpc) is 2.88. The molecule has 1 N–H and O–H groups in total. The van der Waals surface area contributed by atoms with Crippen LogP contribution in [0.25, 0.3) is 0 Å². The number of amides is 1. The zero-order valence-corrected chi connectivity index (χ0v) is 8.97. The summed E-state index contributed by atoms with van der Waals surface area (Å²) < 4.78 is 4.88. The molecule has 0 fully saturated rings. The monoisotopic (exact) mass is 221 g/mol. The molecule has 0 saturated carbocycles. The van der Waals surface area contributed by atoms with Crippen molar-refractivity contribution in [2.45, 2.75) is 13.5 Å². The van der Waals surface area contributed by atoms with Gasteiger partial charge in [0.05, 0.1) is 12.2 Å². The molecule has 0 saturated heterocycles. The topological polar surface area (TPSA) is 87.9 Å². The van der Waals surface area contributed by atoms with Crippen LogP contribution in [0.3, 0.4) is 0 Å². The summed E-state index contributed by atoms with van der Waals surface area (Å²) >= 11 is 0. The first-order valence-corrected chi connectivity index (χ1v) is 4.70. The lowest BCUT2D eigenvalue weighted by atomic mass is 10.3. The maximum absolute atomic E-state index is 11.8. The molecule has 0 unspecified atom stereocenters. The molecular weight excluding hydrogens is 210 g/mol. The smallest absolute Gasteiger partial charge is 0.292 e. The molecule has 2 aromatic heterocycles. The van der Waals surface area contributed by atoms with Crippen molar-refractivity contribution in [3.63, 3.8) is 0 Å². The molecule has 0 aromatic carbocycles. The van der Waals surface area contributed by atoms with Gasteiger partial charge in [-0.25, -0.2) is 4.98 Å². The van der Waals surface area contributed by atoms with Gasteiger partial charge in [0, 0.05) is 13.1 Å². The van der Waals surface area contributed by atoms with Crippen molar-refractivity contribution in [1.29, 1.82) is 0 Å². The van der Waals surface area contributed by atoms with Crippen LogP contribution in [0.4, 0.5) is 0 Å². The Labute approximate surface area is 91.5 Å². The molecule has 7 nitrogen and oxygen atoms in total. The largest absolute Gasteiger partial charge is 0.351 e. The molecule has 2 rings (SSSR count). The lowest BCUT2D eigenvalue weighted by Gasteiger charge is -2.12. The zero-order chi connectivity index (χ0) is 11.5. The Morgan fingerprint density at radius 2 is 2.44 bits per heavy atom. The third-order valence-corrected chi connectivity index (χ3v) is 2.04. The molecule has 2 aromatic rings. The third kappa shape index (κ3) is 2.08. The Morgan fingerprint density at radius 1 is 1.62 bits per heavy atom. The third-order valence-electron chi connectivity index (χ3n) is 2.04. The number of aromatic nitrogens is 4. The zero-order valence-electron chi connectivity index (χ0n) is 8.97. The quantitative estimate of drug-likeness (QED) is 0.809. The van der Waals surface area contributed by atoms with Crippen LogP contribution in [0.1, 0.15) is 22.1 Å². The van der Waals surface area contributed by atoms with Crippen LogP contribution >= 0.6 is 0 Å². The van der Waals surface area contributed by atoms with E-state index in [1.54, 1.807) is 20.0 Å². The predicted molar refractivity (Wildman–Crippen MR) is 53.4 cm³/mol. The van der Waals surface area contributed by atoms with Crippen LogP contribution in [0.15, 0.2) is 16.9 Å². The number of aryl methyl sites for hydroxylation is 1. The van der Waals surface area contributed by atoms with E-state index in [2.05, 4.69) is 20.3 Å². The van der Waals surface area contributed by atoms with Crippen molar-refractivity contribution in [2.24, 2.45) is 0 Å². The summed E-state index contributed by atoms with van der Waals surface area (Å²) in [4.78, 5) is 17.2. The van der Waals surface area contributed by atoms with Crippen LogP contribution in [0.5, 0.6) is 0 Å². The number of nitrogens with zero attached hydrogens (tertiary/aromatic N) is 4. The Bertz CT molecular complexity index is 476. The predicted octanol–water partition coefficient (Wildman–Crippen LogP) is 0.373. The minimum atomic E-state index is -0.239. The molecule has 16 heavy (non-hydrogen) atoms. The molecule has 0 aliphatic rings. The van der Waals surface area contributed by atoms with Gasteiger partial charge < -0.3 is 9.42 Å². The van der Waals surface area contributed by atoms with Crippen molar-refractivity contribution in [3.8, 4) is 0 Å². The molecule has 0 aliphatic heterocycles. The van der Waals surface area contributed by atoms with Crippen LogP contribution in [-0.4, -0.2) is 38.2 Å². The van der Waals surface area contributed by atoms with E-state index in [0.717, 1.165) is 0 Å². The number of carbonyl (C=O) groups excluding carboxylic acids is 1. The second kappa shape index (κ2) is 4.13. The highest BCUT2D eigenvalue weighted by Gasteiger charge is 2.17. The lowest BCUT2D eigenvalue weighted by Crippen LogP contribution is -2.26. The van der Waals surface area contributed by atoms with Gasteiger partial charge in [0.15, 0.2) is 0 Å². The Hall–Kier alpha value is -2.18. The highest BCUT2D eigenvalue weighted by molar-refractivity contribution is 5.91. The van der Waals surface area contributed by atoms with Crippen molar-refractivity contribution in [2.75, 3.05) is 7.05 Å². The van der Waals surface area contributed by atoms with E-state index < -0.39 is 0 Å². The van der Waals surface area contributed by atoms with Gasteiger partial charge in [-0.2, -0.15) is 5.10 Å². The summed E-state index contributed by atoms with van der Waals surface area (Å²) in [6.45, 7) is 2.11. The lowest BCUT2D eigenvalue weighted by molar-refractivity contribution is 0.0740. The van der Waals surface area contributed by atoms with E-state index in [9.17, 15) is 4.79 Å². The van der Waals surface area contributed by atoms with E-state index >= 15 is 0 Å². The van der Waals surface area contributed by atoms with Crippen molar-refractivity contribution in [1.82, 2.24) is 25.2 Å². The second-order valence-electron chi connectivity index (χ2n) is 3.43. The van der Waals surface area contributed by atoms with Crippen molar-refractivity contribution < 1.29 is 9.32 Å². The molecule has 7 heteroatoms. The minimum absolute atomic E-state index is 0.222. The Kier molecular flexibility index (Phi) is 2.67. The highest BCUT2D eigenvalue weighted by atomic mass is 16.5.